The van der Waals surface area contributed by atoms with E-state index in [2.05, 4.69) is 21.2 Å². The third-order valence-electron chi connectivity index (χ3n) is 6.04. The van der Waals surface area contributed by atoms with Gasteiger partial charge in [-0.1, -0.05) is 59.3 Å². The third kappa shape index (κ3) is 5.88. The Morgan fingerprint density at radius 3 is 2.50 bits per heavy atom. The zero-order valence-corrected chi connectivity index (χ0v) is 21.3. The molecule has 184 valence electrons. The van der Waals surface area contributed by atoms with Crippen LogP contribution in [-0.4, -0.2) is 36.7 Å². The summed E-state index contributed by atoms with van der Waals surface area (Å²) >= 11 is 3.31. The van der Waals surface area contributed by atoms with Crippen molar-refractivity contribution in [3.8, 4) is 0 Å². The van der Waals surface area contributed by atoms with Gasteiger partial charge in [0.1, 0.15) is 0 Å². The summed E-state index contributed by atoms with van der Waals surface area (Å²) in [7, 11) is 0. The number of ether oxygens (including phenoxy) is 1. The fourth-order valence-electron chi connectivity index (χ4n) is 4.05. The molecule has 1 saturated heterocycles. The Bertz CT molecular complexity index is 1310. The number of carbonyl (C=O) groups excluding carboxylic acids is 4. The molecule has 1 fully saturated rings. The van der Waals surface area contributed by atoms with E-state index in [1.54, 1.807) is 48.5 Å². The number of carbonyl (C=O) groups is 4. The lowest BCUT2D eigenvalue weighted by Crippen LogP contribution is -2.27. The van der Waals surface area contributed by atoms with Crippen molar-refractivity contribution in [2.24, 2.45) is 5.92 Å². The van der Waals surface area contributed by atoms with Crippen molar-refractivity contribution in [1.29, 1.82) is 0 Å². The Labute approximate surface area is 217 Å². The monoisotopic (exact) mass is 548 g/mol. The number of rotatable bonds is 8. The lowest BCUT2D eigenvalue weighted by molar-refractivity contribution is -0.147. The van der Waals surface area contributed by atoms with Crippen molar-refractivity contribution in [3.05, 3.63) is 94.0 Å². The minimum atomic E-state index is -0.691. The van der Waals surface area contributed by atoms with Gasteiger partial charge in [-0.25, -0.2) is 0 Å². The van der Waals surface area contributed by atoms with Gasteiger partial charge < -0.3 is 15.0 Å². The largest absolute Gasteiger partial charge is 0.457 e. The molecule has 0 bridgehead atoms. The second kappa shape index (κ2) is 11.3. The number of amides is 2. The van der Waals surface area contributed by atoms with E-state index in [1.165, 1.54) is 4.90 Å². The molecule has 0 saturated carbocycles. The van der Waals surface area contributed by atoms with Gasteiger partial charge in [-0.2, -0.15) is 0 Å². The van der Waals surface area contributed by atoms with Crippen LogP contribution in [0.5, 0.6) is 0 Å². The Morgan fingerprint density at radius 2 is 1.75 bits per heavy atom. The van der Waals surface area contributed by atoms with Gasteiger partial charge in [0, 0.05) is 39.9 Å². The quantitative estimate of drug-likeness (QED) is 0.314. The van der Waals surface area contributed by atoms with Crippen molar-refractivity contribution in [3.63, 3.8) is 0 Å². The lowest BCUT2D eigenvalue weighted by Gasteiger charge is -2.17. The fourth-order valence-corrected chi connectivity index (χ4v) is 4.31. The zero-order chi connectivity index (χ0) is 25.7. The maximum atomic E-state index is 12.9. The van der Waals surface area contributed by atoms with Crippen molar-refractivity contribution >= 4 is 50.9 Å². The summed E-state index contributed by atoms with van der Waals surface area (Å²) in [6.07, 6.45) is 0.761. The van der Waals surface area contributed by atoms with E-state index in [0.717, 1.165) is 22.1 Å². The molecular weight excluding hydrogens is 524 g/mol. The van der Waals surface area contributed by atoms with Gasteiger partial charge >= 0.3 is 5.97 Å². The molecule has 4 rings (SSSR count). The molecule has 7 nitrogen and oxygen atoms in total. The summed E-state index contributed by atoms with van der Waals surface area (Å²) in [5, 5.41) is 2.93. The highest BCUT2D eigenvalue weighted by molar-refractivity contribution is 9.10. The molecule has 0 unspecified atom stereocenters. The SMILES string of the molecule is CCc1ccccc1NC(=O)c1cccc(N2C[C@@H](C(=O)OCC(=O)c3ccc(Br)cc3)CC2=O)c1. The maximum Gasteiger partial charge on any atom is 0.311 e. The smallest absolute Gasteiger partial charge is 0.311 e. The molecule has 1 atom stereocenters. The number of anilines is 2. The Balaban J connectivity index is 1.38. The molecule has 0 aliphatic carbocycles. The summed E-state index contributed by atoms with van der Waals surface area (Å²) < 4.78 is 6.05. The molecule has 3 aromatic carbocycles. The molecule has 0 spiro atoms. The minimum absolute atomic E-state index is 0.0222. The molecule has 3 aromatic rings. The van der Waals surface area contributed by atoms with Crippen LogP contribution in [0.15, 0.2) is 77.3 Å². The number of nitrogens with zero attached hydrogens (tertiary/aromatic N) is 1. The maximum absolute atomic E-state index is 12.9. The van der Waals surface area contributed by atoms with Crippen molar-refractivity contribution in [1.82, 2.24) is 0 Å². The number of ketones is 1. The second-order valence-electron chi connectivity index (χ2n) is 8.46. The lowest BCUT2D eigenvalue weighted by atomic mass is 10.1. The summed E-state index contributed by atoms with van der Waals surface area (Å²) in [6.45, 7) is 1.75. The van der Waals surface area contributed by atoms with Crippen molar-refractivity contribution in [2.45, 2.75) is 19.8 Å². The predicted octanol–water partition coefficient (Wildman–Crippen LogP) is 5.04. The fraction of sp³-hybridized carbons (Fsp3) is 0.214. The molecule has 1 aliphatic heterocycles. The van der Waals surface area contributed by atoms with Gasteiger partial charge in [0.15, 0.2) is 12.4 Å². The predicted molar refractivity (Wildman–Crippen MR) is 140 cm³/mol. The molecular formula is C28H25BrN2O5. The number of hydrogen-bond donors (Lipinski definition) is 1. The first-order valence-corrected chi connectivity index (χ1v) is 12.4. The van der Waals surface area contributed by atoms with Crippen molar-refractivity contribution < 1.29 is 23.9 Å². The molecule has 36 heavy (non-hydrogen) atoms. The Hall–Kier alpha value is -3.78. The van der Waals surface area contributed by atoms with Gasteiger partial charge in [-0.05, 0) is 48.4 Å². The molecule has 2 amide bonds. The van der Waals surface area contributed by atoms with Crippen LogP contribution in [0.4, 0.5) is 11.4 Å². The summed E-state index contributed by atoms with van der Waals surface area (Å²) in [6, 6.07) is 21.1. The molecule has 0 radical (unpaired) electrons. The standard InChI is InChI=1S/C28H25BrN2O5/c1-2-18-6-3-4-9-24(18)30-27(34)20-7-5-8-23(14-20)31-16-21(15-26(31)33)28(35)36-17-25(32)19-10-12-22(29)13-11-19/h3-14,21H,2,15-17H2,1H3,(H,30,34)/t21-/m0/s1. The van der Waals surface area contributed by atoms with Crippen LogP contribution in [-0.2, 0) is 20.7 Å². The van der Waals surface area contributed by atoms with E-state index in [4.69, 9.17) is 4.74 Å². The zero-order valence-electron chi connectivity index (χ0n) is 19.7. The number of nitrogens with one attached hydrogen (secondary N) is 1. The molecule has 8 heteroatoms. The van der Waals surface area contributed by atoms with Crippen LogP contribution < -0.4 is 10.2 Å². The third-order valence-corrected chi connectivity index (χ3v) is 6.57. The van der Waals surface area contributed by atoms with Gasteiger partial charge in [0.05, 0.1) is 5.92 Å². The Morgan fingerprint density at radius 1 is 1.00 bits per heavy atom. The molecule has 1 aliphatic rings. The number of hydrogen-bond acceptors (Lipinski definition) is 5. The van der Waals surface area contributed by atoms with Gasteiger partial charge in [0.2, 0.25) is 5.91 Å². The number of esters is 1. The van der Waals surface area contributed by atoms with Gasteiger partial charge in [-0.3, -0.25) is 19.2 Å². The second-order valence-corrected chi connectivity index (χ2v) is 9.37. The van der Waals surface area contributed by atoms with E-state index in [0.29, 0.717) is 16.8 Å². The van der Waals surface area contributed by atoms with E-state index < -0.39 is 11.9 Å². The molecule has 0 aromatic heterocycles. The summed E-state index contributed by atoms with van der Waals surface area (Å²) in [4.78, 5) is 51.9. The number of para-hydroxylation sites is 1. The minimum Gasteiger partial charge on any atom is -0.457 e. The number of benzene rings is 3. The van der Waals surface area contributed by atoms with Crippen LogP contribution >= 0.6 is 15.9 Å². The molecule has 1 N–H and O–H groups in total. The molecule has 1 heterocycles. The first-order valence-electron chi connectivity index (χ1n) is 11.6. The van der Waals surface area contributed by atoms with Crippen LogP contribution in [0.25, 0.3) is 0 Å². The number of halogens is 1. The van der Waals surface area contributed by atoms with Crippen LogP contribution in [0.1, 0.15) is 39.6 Å². The highest BCUT2D eigenvalue weighted by atomic mass is 79.9. The normalized spacial score (nSPS) is 15.0. The highest BCUT2D eigenvalue weighted by Crippen LogP contribution is 2.27. The number of Topliss-reactive ketones (excluding diaryl/α,β-unsaturated/α-hetero) is 1. The highest BCUT2D eigenvalue weighted by Gasteiger charge is 2.36. The van der Waals surface area contributed by atoms with Crippen LogP contribution in [0, 0.1) is 5.92 Å². The average Bonchev–Trinajstić information content (AvgIpc) is 3.29. The van der Waals surface area contributed by atoms with Gasteiger partial charge in [-0.15, -0.1) is 0 Å². The van der Waals surface area contributed by atoms with E-state index in [9.17, 15) is 19.2 Å². The Kier molecular flexibility index (Phi) is 7.95. The first kappa shape index (κ1) is 25.3. The average molecular weight is 549 g/mol. The van der Waals surface area contributed by atoms with E-state index >= 15 is 0 Å². The van der Waals surface area contributed by atoms with Crippen LogP contribution in [0.2, 0.25) is 0 Å². The van der Waals surface area contributed by atoms with E-state index in [-0.39, 0.29) is 37.2 Å². The van der Waals surface area contributed by atoms with Crippen LogP contribution in [0.3, 0.4) is 0 Å². The van der Waals surface area contributed by atoms with Gasteiger partial charge in [0.25, 0.3) is 5.91 Å². The summed E-state index contributed by atoms with van der Waals surface area (Å²) in [5.74, 6) is -2.14. The van der Waals surface area contributed by atoms with E-state index in [1.807, 2.05) is 31.2 Å². The topological polar surface area (TPSA) is 92.8 Å². The first-order chi connectivity index (χ1) is 17.4. The van der Waals surface area contributed by atoms with Crippen molar-refractivity contribution in [2.75, 3.05) is 23.4 Å². The number of aryl methyl sites for hydroxylation is 1. The summed E-state index contributed by atoms with van der Waals surface area (Å²) in [5.41, 5.74) is 3.13.